The Bertz CT molecular complexity index is 578. The van der Waals surface area contributed by atoms with Crippen molar-refractivity contribution in [2.75, 3.05) is 13.7 Å². The quantitative estimate of drug-likeness (QED) is 0.876. The summed E-state index contributed by atoms with van der Waals surface area (Å²) in [6, 6.07) is 10.7. The van der Waals surface area contributed by atoms with Crippen LogP contribution in [0.3, 0.4) is 0 Å². The third kappa shape index (κ3) is 3.82. The van der Waals surface area contributed by atoms with Crippen molar-refractivity contribution in [3.63, 3.8) is 0 Å². The molecule has 0 aliphatic heterocycles. The van der Waals surface area contributed by atoms with Gasteiger partial charge in [0.25, 0.3) is 0 Å². The molecule has 1 heterocycles. The van der Waals surface area contributed by atoms with Gasteiger partial charge in [-0.05, 0) is 55.6 Å². The molecule has 1 aromatic carbocycles. The summed E-state index contributed by atoms with van der Waals surface area (Å²) in [5, 5.41) is 3.61. The number of rotatable bonds is 6. The summed E-state index contributed by atoms with van der Waals surface area (Å²) < 4.78 is 5.35. The van der Waals surface area contributed by atoms with Crippen LogP contribution in [0, 0.1) is 13.8 Å². The van der Waals surface area contributed by atoms with Crippen molar-refractivity contribution in [1.82, 2.24) is 10.3 Å². The Balaban J connectivity index is 2.35. The Labute approximate surface area is 127 Å². The van der Waals surface area contributed by atoms with Gasteiger partial charge in [0.05, 0.1) is 13.2 Å². The zero-order valence-electron chi connectivity index (χ0n) is 13.3. The van der Waals surface area contributed by atoms with Crippen LogP contribution in [-0.2, 0) is 0 Å². The molecular weight excluding hydrogens is 260 g/mol. The molecule has 1 N–H and O–H groups in total. The number of pyridine rings is 1. The van der Waals surface area contributed by atoms with Gasteiger partial charge in [0.15, 0.2) is 0 Å². The van der Waals surface area contributed by atoms with Crippen molar-refractivity contribution in [3.05, 3.63) is 58.9 Å². The van der Waals surface area contributed by atoms with Crippen LogP contribution in [0.4, 0.5) is 0 Å². The average molecular weight is 284 g/mol. The topological polar surface area (TPSA) is 34.2 Å². The van der Waals surface area contributed by atoms with Crippen molar-refractivity contribution >= 4 is 0 Å². The van der Waals surface area contributed by atoms with Crippen LogP contribution < -0.4 is 10.1 Å². The molecule has 1 unspecified atom stereocenters. The van der Waals surface area contributed by atoms with E-state index >= 15 is 0 Å². The molecule has 112 valence electrons. The average Bonchev–Trinajstić information content (AvgIpc) is 2.49. The van der Waals surface area contributed by atoms with E-state index in [1.807, 2.05) is 19.2 Å². The van der Waals surface area contributed by atoms with E-state index in [2.05, 4.69) is 48.4 Å². The van der Waals surface area contributed by atoms with Gasteiger partial charge in [-0.1, -0.05) is 25.1 Å². The molecule has 0 amide bonds. The zero-order chi connectivity index (χ0) is 15.2. The van der Waals surface area contributed by atoms with Crippen LogP contribution in [0.25, 0.3) is 0 Å². The van der Waals surface area contributed by atoms with Gasteiger partial charge in [0.2, 0.25) is 0 Å². The Morgan fingerprint density at radius 1 is 1.14 bits per heavy atom. The van der Waals surface area contributed by atoms with Crippen molar-refractivity contribution < 1.29 is 4.74 Å². The summed E-state index contributed by atoms with van der Waals surface area (Å²) in [6.45, 7) is 7.24. The summed E-state index contributed by atoms with van der Waals surface area (Å²) in [5.74, 6) is 0.926. The lowest BCUT2D eigenvalue weighted by Crippen LogP contribution is -2.23. The fourth-order valence-electron chi connectivity index (χ4n) is 2.45. The van der Waals surface area contributed by atoms with E-state index in [0.717, 1.165) is 30.0 Å². The molecule has 0 spiro atoms. The second-order valence-corrected chi connectivity index (χ2v) is 5.35. The van der Waals surface area contributed by atoms with E-state index in [-0.39, 0.29) is 6.04 Å². The first-order valence-electron chi connectivity index (χ1n) is 7.46. The van der Waals surface area contributed by atoms with E-state index in [0.29, 0.717) is 0 Å². The maximum atomic E-state index is 5.35. The lowest BCUT2D eigenvalue weighted by Gasteiger charge is -2.20. The maximum Gasteiger partial charge on any atom is 0.121 e. The fourth-order valence-corrected chi connectivity index (χ4v) is 2.45. The number of aromatic nitrogens is 1. The van der Waals surface area contributed by atoms with Crippen LogP contribution in [0.2, 0.25) is 0 Å². The normalized spacial score (nSPS) is 12.2. The number of nitrogens with zero attached hydrogens (tertiary/aromatic N) is 1. The van der Waals surface area contributed by atoms with Crippen LogP contribution in [0.15, 0.2) is 36.5 Å². The van der Waals surface area contributed by atoms with E-state index in [1.165, 1.54) is 11.1 Å². The minimum Gasteiger partial charge on any atom is -0.496 e. The van der Waals surface area contributed by atoms with Crippen LogP contribution in [0.1, 0.15) is 41.8 Å². The van der Waals surface area contributed by atoms with Gasteiger partial charge in [-0.25, -0.2) is 0 Å². The Morgan fingerprint density at radius 3 is 2.48 bits per heavy atom. The van der Waals surface area contributed by atoms with Gasteiger partial charge in [-0.2, -0.15) is 0 Å². The molecule has 0 bridgehead atoms. The highest BCUT2D eigenvalue weighted by atomic mass is 16.5. The van der Waals surface area contributed by atoms with Crippen molar-refractivity contribution in [2.45, 2.75) is 33.2 Å². The zero-order valence-corrected chi connectivity index (χ0v) is 13.3. The minimum atomic E-state index is 0.169. The number of hydrogen-bond donors (Lipinski definition) is 1. The number of ether oxygens (including phenoxy) is 1. The second-order valence-electron chi connectivity index (χ2n) is 5.35. The van der Waals surface area contributed by atoms with E-state index in [4.69, 9.17) is 4.74 Å². The summed E-state index contributed by atoms with van der Waals surface area (Å²) in [7, 11) is 1.71. The largest absolute Gasteiger partial charge is 0.496 e. The molecule has 0 fully saturated rings. The molecule has 0 aliphatic rings. The van der Waals surface area contributed by atoms with Gasteiger partial charge < -0.3 is 10.1 Å². The smallest absolute Gasteiger partial charge is 0.121 e. The predicted octanol–water partition coefficient (Wildman–Crippen LogP) is 3.80. The maximum absolute atomic E-state index is 5.35. The number of nitrogens with one attached hydrogen (secondary N) is 1. The molecule has 0 radical (unpaired) electrons. The standard InChI is InChI=1S/C18H24N2O/c1-5-10-19-18(16-7-6-14(3)20-12-16)15-8-9-17(21-4)13(2)11-15/h6-9,11-12,18-19H,5,10H2,1-4H3. The van der Waals surface area contributed by atoms with Crippen LogP contribution >= 0.6 is 0 Å². The first-order chi connectivity index (χ1) is 10.2. The van der Waals surface area contributed by atoms with Gasteiger partial charge in [0, 0.05) is 11.9 Å². The van der Waals surface area contributed by atoms with Crippen molar-refractivity contribution in [3.8, 4) is 5.75 Å². The Hall–Kier alpha value is -1.87. The SMILES string of the molecule is CCCNC(c1ccc(C)nc1)c1ccc(OC)c(C)c1. The highest BCUT2D eigenvalue weighted by Gasteiger charge is 2.14. The molecule has 3 nitrogen and oxygen atoms in total. The fraction of sp³-hybridized carbons (Fsp3) is 0.389. The first kappa shape index (κ1) is 15.5. The molecule has 1 atom stereocenters. The van der Waals surface area contributed by atoms with E-state index in [1.54, 1.807) is 7.11 Å². The third-order valence-electron chi connectivity index (χ3n) is 3.62. The van der Waals surface area contributed by atoms with E-state index in [9.17, 15) is 0 Å². The lowest BCUT2D eigenvalue weighted by molar-refractivity contribution is 0.411. The molecule has 21 heavy (non-hydrogen) atoms. The summed E-state index contributed by atoms with van der Waals surface area (Å²) >= 11 is 0. The third-order valence-corrected chi connectivity index (χ3v) is 3.62. The first-order valence-corrected chi connectivity index (χ1v) is 7.46. The summed E-state index contributed by atoms with van der Waals surface area (Å²) in [5.41, 5.74) is 4.63. The molecule has 1 aromatic heterocycles. The lowest BCUT2D eigenvalue weighted by atomic mass is 9.98. The van der Waals surface area contributed by atoms with Crippen molar-refractivity contribution in [1.29, 1.82) is 0 Å². The monoisotopic (exact) mass is 284 g/mol. The van der Waals surface area contributed by atoms with Gasteiger partial charge in [-0.15, -0.1) is 0 Å². The molecule has 0 aliphatic carbocycles. The van der Waals surface area contributed by atoms with Crippen LogP contribution in [-0.4, -0.2) is 18.6 Å². The highest BCUT2D eigenvalue weighted by molar-refractivity contribution is 5.40. The van der Waals surface area contributed by atoms with Gasteiger partial charge in [-0.3, -0.25) is 4.98 Å². The number of benzene rings is 1. The molecule has 2 rings (SSSR count). The van der Waals surface area contributed by atoms with Crippen LogP contribution in [0.5, 0.6) is 5.75 Å². The molecule has 0 saturated carbocycles. The van der Waals surface area contributed by atoms with Gasteiger partial charge >= 0.3 is 0 Å². The molecule has 0 saturated heterocycles. The number of aryl methyl sites for hydroxylation is 2. The Kier molecular flexibility index (Phi) is 5.34. The number of hydrogen-bond acceptors (Lipinski definition) is 3. The van der Waals surface area contributed by atoms with Crippen molar-refractivity contribution in [2.24, 2.45) is 0 Å². The van der Waals surface area contributed by atoms with E-state index < -0.39 is 0 Å². The van der Waals surface area contributed by atoms with Gasteiger partial charge in [0.1, 0.15) is 5.75 Å². The molecular formula is C18H24N2O. The predicted molar refractivity (Wildman–Crippen MR) is 86.8 cm³/mol. The summed E-state index contributed by atoms with van der Waals surface area (Å²) in [4.78, 5) is 4.43. The second kappa shape index (κ2) is 7.23. The summed E-state index contributed by atoms with van der Waals surface area (Å²) in [6.07, 6.45) is 3.06. The number of methoxy groups -OCH3 is 1. The Morgan fingerprint density at radius 2 is 1.90 bits per heavy atom. The minimum absolute atomic E-state index is 0.169. The molecule has 2 aromatic rings. The molecule has 3 heteroatoms. The highest BCUT2D eigenvalue weighted by Crippen LogP contribution is 2.26.